The van der Waals surface area contributed by atoms with Gasteiger partial charge in [-0.2, -0.15) is 0 Å². The molecule has 0 bridgehead atoms. The van der Waals surface area contributed by atoms with Crippen molar-refractivity contribution in [1.82, 2.24) is 4.57 Å². The van der Waals surface area contributed by atoms with Gasteiger partial charge in [-0.05, 0) is 80.8 Å². The third kappa shape index (κ3) is 4.97. The quantitative estimate of drug-likeness (QED) is 0.158. The molecule has 6 heteroatoms. The Morgan fingerprint density at radius 2 is 1.62 bits per heavy atom. The first-order valence-corrected chi connectivity index (χ1v) is 12.0. The van der Waals surface area contributed by atoms with Crippen molar-refractivity contribution in [3.05, 3.63) is 111 Å². The summed E-state index contributed by atoms with van der Waals surface area (Å²) in [5, 5.41) is 10.8. The number of non-ortho nitro benzene ring substituents is 1. The molecule has 4 aromatic rings. The van der Waals surface area contributed by atoms with Gasteiger partial charge in [-0.1, -0.05) is 36.9 Å². The minimum absolute atomic E-state index is 0.0988. The predicted molar refractivity (Wildman–Crippen MR) is 140 cm³/mol. The number of hydrogen-bond donors (Lipinski definition) is 0. The molecule has 0 spiro atoms. The number of para-hydroxylation sites is 1. The summed E-state index contributed by atoms with van der Waals surface area (Å²) in [7, 11) is 0. The minimum Gasteiger partial charge on any atom is -0.317 e. The molecule has 1 aromatic heterocycles. The number of nitrogens with zero attached hydrogens (tertiary/aromatic N) is 3. The van der Waals surface area contributed by atoms with Gasteiger partial charge in [0.15, 0.2) is 0 Å². The van der Waals surface area contributed by atoms with Gasteiger partial charge in [-0.15, -0.1) is 0 Å². The highest BCUT2D eigenvalue weighted by atomic mass is 32.2. The van der Waals surface area contributed by atoms with E-state index in [4.69, 9.17) is 4.99 Å². The van der Waals surface area contributed by atoms with E-state index in [0.29, 0.717) is 0 Å². The fourth-order valence-electron chi connectivity index (χ4n) is 4.10. The van der Waals surface area contributed by atoms with Crippen LogP contribution in [0.25, 0.3) is 5.69 Å². The predicted octanol–water partition coefficient (Wildman–Crippen LogP) is 7.77. The SMILES string of the molecule is CCc1cccc(C)c1-n1c(C)cc(C=Nc2ccc(Sc3ccc([N+](=O)[O-])cc3)cc2)c1C. The van der Waals surface area contributed by atoms with E-state index in [1.807, 2.05) is 30.5 Å². The fraction of sp³-hybridized carbons (Fsp3) is 0.179. The Morgan fingerprint density at radius 1 is 0.971 bits per heavy atom. The van der Waals surface area contributed by atoms with Crippen molar-refractivity contribution >= 4 is 29.4 Å². The maximum absolute atomic E-state index is 10.8. The Labute approximate surface area is 204 Å². The number of aliphatic imine (C=N–C) groups is 1. The summed E-state index contributed by atoms with van der Waals surface area (Å²) in [6, 6.07) is 23.3. The molecule has 172 valence electrons. The van der Waals surface area contributed by atoms with E-state index in [-0.39, 0.29) is 10.6 Å². The fourth-order valence-corrected chi connectivity index (χ4v) is 4.92. The molecule has 0 saturated carbocycles. The first-order chi connectivity index (χ1) is 16.4. The van der Waals surface area contributed by atoms with Crippen molar-refractivity contribution in [2.24, 2.45) is 4.99 Å². The van der Waals surface area contributed by atoms with Crippen LogP contribution in [0.5, 0.6) is 0 Å². The van der Waals surface area contributed by atoms with Crippen LogP contribution in [-0.4, -0.2) is 15.7 Å². The van der Waals surface area contributed by atoms with Crippen molar-refractivity contribution < 1.29 is 4.92 Å². The highest BCUT2D eigenvalue weighted by molar-refractivity contribution is 7.99. The zero-order chi connectivity index (χ0) is 24.2. The lowest BCUT2D eigenvalue weighted by Gasteiger charge is -2.17. The lowest BCUT2D eigenvalue weighted by atomic mass is 10.1. The van der Waals surface area contributed by atoms with Crippen molar-refractivity contribution in [3.63, 3.8) is 0 Å². The molecule has 3 aromatic carbocycles. The summed E-state index contributed by atoms with van der Waals surface area (Å²) >= 11 is 1.56. The molecule has 34 heavy (non-hydrogen) atoms. The summed E-state index contributed by atoms with van der Waals surface area (Å²) in [5.41, 5.74) is 8.33. The Hall–Kier alpha value is -3.64. The zero-order valence-corrected chi connectivity index (χ0v) is 20.6. The number of aryl methyl sites for hydroxylation is 3. The van der Waals surface area contributed by atoms with Gasteiger partial charge in [0.1, 0.15) is 0 Å². The third-order valence-corrected chi connectivity index (χ3v) is 6.88. The van der Waals surface area contributed by atoms with Crippen molar-refractivity contribution in [1.29, 1.82) is 0 Å². The molecule has 0 aliphatic carbocycles. The van der Waals surface area contributed by atoms with E-state index in [1.54, 1.807) is 23.9 Å². The Bertz CT molecular complexity index is 1350. The second-order valence-corrected chi connectivity index (χ2v) is 9.35. The molecule has 0 N–H and O–H groups in total. The van der Waals surface area contributed by atoms with E-state index in [0.717, 1.165) is 27.5 Å². The van der Waals surface area contributed by atoms with E-state index in [2.05, 4.69) is 56.5 Å². The molecule has 0 unspecified atom stereocenters. The van der Waals surface area contributed by atoms with Crippen LogP contribution >= 0.6 is 11.8 Å². The van der Waals surface area contributed by atoms with Crippen LogP contribution in [0.2, 0.25) is 0 Å². The standard InChI is InChI=1S/C28H27N3O2S/c1-5-22-8-6-7-19(2)28(22)30-20(3)17-23(21(30)4)18-29-24-9-13-26(14-10-24)34-27-15-11-25(12-16-27)31(32)33/h6-18H,5H2,1-4H3. The number of aromatic nitrogens is 1. The van der Waals surface area contributed by atoms with Crippen molar-refractivity contribution in [2.75, 3.05) is 0 Å². The maximum atomic E-state index is 10.8. The second kappa shape index (κ2) is 10.1. The molecule has 0 amide bonds. The summed E-state index contributed by atoms with van der Waals surface area (Å²) < 4.78 is 2.33. The van der Waals surface area contributed by atoms with Gasteiger partial charge in [-0.25, -0.2) is 0 Å². The smallest absolute Gasteiger partial charge is 0.269 e. The first-order valence-electron chi connectivity index (χ1n) is 11.2. The van der Waals surface area contributed by atoms with Gasteiger partial charge in [0.2, 0.25) is 0 Å². The molecular formula is C28H27N3O2S. The monoisotopic (exact) mass is 469 g/mol. The lowest BCUT2D eigenvalue weighted by molar-refractivity contribution is -0.384. The van der Waals surface area contributed by atoms with E-state index in [9.17, 15) is 10.1 Å². The number of benzene rings is 3. The molecule has 0 saturated heterocycles. The van der Waals surface area contributed by atoms with Gasteiger partial charge in [0, 0.05) is 45.1 Å². The Balaban J connectivity index is 1.52. The van der Waals surface area contributed by atoms with Gasteiger partial charge >= 0.3 is 0 Å². The Morgan fingerprint density at radius 3 is 2.24 bits per heavy atom. The van der Waals surface area contributed by atoms with Gasteiger partial charge in [0.05, 0.1) is 16.3 Å². The molecular weight excluding hydrogens is 442 g/mol. The number of rotatable bonds is 7. The van der Waals surface area contributed by atoms with Crippen LogP contribution in [0.15, 0.2) is 87.6 Å². The third-order valence-electron chi connectivity index (χ3n) is 5.87. The van der Waals surface area contributed by atoms with Crippen LogP contribution in [0.3, 0.4) is 0 Å². The molecule has 5 nitrogen and oxygen atoms in total. The maximum Gasteiger partial charge on any atom is 0.269 e. The highest BCUT2D eigenvalue weighted by Gasteiger charge is 2.14. The van der Waals surface area contributed by atoms with Crippen LogP contribution in [0, 0.1) is 30.9 Å². The molecule has 0 radical (unpaired) electrons. The first kappa shape index (κ1) is 23.5. The number of nitro benzene ring substituents is 1. The van der Waals surface area contributed by atoms with Crippen molar-refractivity contribution in [2.45, 2.75) is 43.9 Å². The van der Waals surface area contributed by atoms with E-state index >= 15 is 0 Å². The second-order valence-electron chi connectivity index (χ2n) is 8.20. The molecule has 1 heterocycles. The van der Waals surface area contributed by atoms with Crippen molar-refractivity contribution in [3.8, 4) is 5.69 Å². The van der Waals surface area contributed by atoms with Crippen LogP contribution in [-0.2, 0) is 6.42 Å². The summed E-state index contributed by atoms with van der Waals surface area (Å²) in [4.78, 5) is 17.1. The van der Waals surface area contributed by atoms with Crippen LogP contribution in [0.1, 0.15) is 35.0 Å². The van der Waals surface area contributed by atoms with Gasteiger partial charge < -0.3 is 4.57 Å². The largest absolute Gasteiger partial charge is 0.317 e. The topological polar surface area (TPSA) is 60.4 Å². The zero-order valence-electron chi connectivity index (χ0n) is 19.8. The molecule has 0 fully saturated rings. The lowest BCUT2D eigenvalue weighted by Crippen LogP contribution is -2.05. The number of nitro groups is 1. The summed E-state index contributed by atoms with van der Waals surface area (Å²) in [6.07, 6.45) is 2.92. The molecule has 0 aliphatic rings. The molecule has 4 rings (SSSR count). The molecule has 0 atom stereocenters. The Kier molecular flexibility index (Phi) is 6.98. The van der Waals surface area contributed by atoms with E-state index in [1.165, 1.54) is 40.3 Å². The summed E-state index contributed by atoms with van der Waals surface area (Å²) in [6.45, 7) is 8.64. The van der Waals surface area contributed by atoms with Crippen LogP contribution in [0.4, 0.5) is 11.4 Å². The van der Waals surface area contributed by atoms with Gasteiger partial charge in [-0.3, -0.25) is 15.1 Å². The average Bonchev–Trinajstić information content (AvgIpc) is 3.11. The molecule has 0 aliphatic heterocycles. The van der Waals surface area contributed by atoms with Crippen LogP contribution < -0.4 is 0 Å². The minimum atomic E-state index is -0.387. The average molecular weight is 470 g/mol. The normalized spacial score (nSPS) is 11.3. The van der Waals surface area contributed by atoms with Gasteiger partial charge in [0.25, 0.3) is 5.69 Å². The van der Waals surface area contributed by atoms with E-state index < -0.39 is 0 Å². The highest BCUT2D eigenvalue weighted by Crippen LogP contribution is 2.31. The number of hydrogen-bond acceptors (Lipinski definition) is 4. The summed E-state index contributed by atoms with van der Waals surface area (Å²) in [5.74, 6) is 0.